The molecule has 1 aromatic carbocycles. The van der Waals surface area contributed by atoms with Gasteiger partial charge in [-0.2, -0.15) is 0 Å². The van der Waals surface area contributed by atoms with Crippen molar-refractivity contribution in [3.63, 3.8) is 0 Å². The van der Waals surface area contributed by atoms with Crippen LogP contribution in [-0.4, -0.2) is 24.3 Å². The van der Waals surface area contributed by atoms with Gasteiger partial charge in [0.2, 0.25) is 0 Å². The van der Waals surface area contributed by atoms with Crippen LogP contribution in [0.4, 0.5) is 5.69 Å². The average molecular weight is 208 g/mol. The molecule has 0 aromatic heterocycles. The third kappa shape index (κ3) is 3.53. The van der Waals surface area contributed by atoms with Crippen LogP contribution >= 0.6 is 0 Å². The van der Waals surface area contributed by atoms with Crippen molar-refractivity contribution in [3.05, 3.63) is 29.3 Å². The van der Waals surface area contributed by atoms with Crippen molar-refractivity contribution in [2.24, 2.45) is 5.73 Å². The third-order valence-electron chi connectivity index (χ3n) is 2.50. The molecule has 0 aliphatic rings. The number of aliphatic hydroxyl groups excluding tert-OH is 1. The van der Waals surface area contributed by atoms with Gasteiger partial charge in [-0.25, -0.2) is 0 Å². The number of benzene rings is 1. The average Bonchev–Trinajstić information content (AvgIpc) is 2.17. The van der Waals surface area contributed by atoms with E-state index in [4.69, 9.17) is 5.73 Å². The number of nitrogens with one attached hydrogen (secondary N) is 1. The molecular formula is C12H20N2O. The second-order valence-electron chi connectivity index (χ2n) is 3.88. The molecule has 0 aliphatic heterocycles. The molecule has 0 bridgehead atoms. The van der Waals surface area contributed by atoms with E-state index in [0.717, 1.165) is 5.69 Å². The number of aliphatic hydroxyl groups is 1. The lowest BCUT2D eigenvalue weighted by molar-refractivity contribution is 0.180. The number of para-hydroxylation sites is 1. The molecule has 0 spiro atoms. The van der Waals surface area contributed by atoms with E-state index in [1.165, 1.54) is 11.1 Å². The standard InChI is InChI=1S/C12H20N2O/c1-9-4-3-5-10(2)12(9)14-8-11(15)6-7-13/h3-5,11,14-15H,6-8,13H2,1-2H3. The Kier molecular flexibility index (Phi) is 4.59. The van der Waals surface area contributed by atoms with Gasteiger partial charge in [0, 0.05) is 12.2 Å². The predicted octanol–water partition coefficient (Wildman–Crippen LogP) is 1.43. The van der Waals surface area contributed by atoms with Crippen molar-refractivity contribution in [1.82, 2.24) is 0 Å². The molecule has 0 saturated heterocycles. The zero-order valence-electron chi connectivity index (χ0n) is 9.46. The van der Waals surface area contributed by atoms with E-state index >= 15 is 0 Å². The highest BCUT2D eigenvalue weighted by Crippen LogP contribution is 2.19. The van der Waals surface area contributed by atoms with Crippen molar-refractivity contribution in [2.45, 2.75) is 26.4 Å². The summed E-state index contributed by atoms with van der Waals surface area (Å²) < 4.78 is 0. The van der Waals surface area contributed by atoms with E-state index in [9.17, 15) is 5.11 Å². The Morgan fingerprint density at radius 1 is 1.33 bits per heavy atom. The van der Waals surface area contributed by atoms with Crippen molar-refractivity contribution < 1.29 is 5.11 Å². The van der Waals surface area contributed by atoms with Crippen molar-refractivity contribution in [3.8, 4) is 0 Å². The quantitative estimate of drug-likeness (QED) is 0.686. The maximum absolute atomic E-state index is 9.55. The van der Waals surface area contributed by atoms with Gasteiger partial charge in [-0.05, 0) is 37.9 Å². The third-order valence-corrected chi connectivity index (χ3v) is 2.50. The van der Waals surface area contributed by atoms with Gasteiger partial charge in [0.1, 0.15) is 0 Å². The Morgan fingerprint density at radius 2 is 1.93 bits per heavy atom. The molecule has 4 N–H and O–H groups in total. The number of rotatable bonds is 5. The van der Waals surface area contributed by atoms with Gasteiger partial charge in [-0.15, -0.1) is 0 Å². The first-order valence-corrected chi connectivity index (χ1v) is 5.33. The van der Waals surface area contributed by atoms with Gasteiger partial charge in [-0.3, -0.25) is 0 Å². The van der Waals surface area contributed by atoms with Crippen LogP contribution in [-0.2, 0) is 0 Å². The molecule has 1 unspecified atom stereocenters. The Hall–Kier alpha value is -1.06. The number of anilines is 1. The van der Waals surface area contributed by atoms with E-state index in [2.05, 4.69) is 31.3 Å². The van der Waals surface area contributed by atoms with E-state index in [1.807, 2.05) is 6.07 Å². The lowest BCUT2D eigenvalue weighted by Gasteiger charge is -2.15. The summed E-state index contributed by atoms with van der Waals surface area (Å²) in [4.78, 5) is 0. The van der Waals surface area contributed by atoms with Crippen molar-refractivity contribution >= 4 is 5.69 Å². The van der Waals surface area contributed by atoms with Crippen LogP contribution in [0.2, 0.25) is 0 Å². The van der Waals surface area contributed by atoms with E-state index in [0.29, 0.717) is 19.5 Å². The van der Waals surface area contributed by atoms with Crippen LogP contribution in [0.5, 0.6) is 0 Å². The lowest BCUT2D eigenvalue weighted by atomic mass is 10.1. The zero-order chi connectivity index (χ0) is 11.3. The molecule has 0 amide bonds. The van der Waals surface area contributed by atoms with Crippen molar-refractivity contribution in [1.29, 1.82) is 0 Å². The normalized spacial score (nSPS) is 12.5. The van der Waals surface area contributed by atoms with Crippen LogP contribution in [0.25, 0.3) is 0 Å². The lowest BCUT2D eigenvalue weighted by Crippen LogP contribution is -2.23. The van der Waals surface area contributed by atoms with Gasteiger partial charge in [-0.1, -0.05) is 18.2 Å². The predicted molar refractivity (Wildman–Crippen MR) is 64.1 cm³/mol. The molecule has 3 heteroatoms. The van der Waals surface area contributed by atoms with Gasteiger partial charge < -0.3 is 16.2 Å². The Labute approximate surface area is 91.3 Å². The molecular weight excluding hydrogens is 188 g/mol. The van der Waals surface area contributed by atoms with Crippen LogP contribution in [0.3, 0.4) is 0 Å². The summed E-state index contributed by atoms with van der Waals surface area (Å²) in [5.74, 6) is 0. The maximum atomic E-state index is 9.55. The summed E-state index contributed by atoms with van der Waals surface area (Å²) in [6.07, 6.45) is 0.270. The highest BCUT2D eigenvalue weighted by molar-refractivity contribution is 5.56. The molecule has 3 nitrogen and oxygen atoms in total. The summed E-state index contributed by atoms with van der Waals surface area (Å²) in [6.45, 7) is 5.20. The van der Waals surface area contributed by atoms with Gasteiger partial charge >= 0.3 is 0 Å². The number of hydrogen-bond donors (Lipinski definition) is 3. The molecule has 1 aromatic rings. The fourth-order valence-corrected chi connectivity index (χ4v) is 1.61. The maximum Gasteiger partial charge on any atom is 0.0724 e. The van der Waals surface area contributed by atoms with Crippen LogP contribution in [0, 0.1) is 13.8 Å². The largest absolute Gasteiger partial charge is 0.391 e. The fourth-order valence-electron chi connectivity index (χ4n) is 1.61. The SMILES string of the molecule is Cc1cccc(C)c1NCC(O)CCN. The molecule has 1 atom stereocenters. The fraction of sp³-hybridized carbons (Fsp3) is 0.500. The van der Waals surface area contributed by atoms with E-state index in [1.54, 1.807) is 0 Å². The summed E-state index contributed by atoms with van der Waals surface area (Å²) >= 11 is 0. The van der Waals surface area contributed by atoms with Crippen LogP contribution in [0.1, 0.15) is 17.5 Å². The summed E-state index contributed by atoms with van der Waals surface area (Å²) in [7, 11) is 0. The molecule has 0 fully saturated rings. The molecule has 0 aliphatic carbocycles. The molecule has 0 heterocycles. The zero-order valence-corrected chi connectivity index (χ0v) is 9.46. The molecule has 15 heavy (non-hydrogen) atoms. The smallest absolute Gasteiger partial charge is 0.0724 e. The Bertz CT molecular complexity index is 292. The molecule has 0 radical (unpaired) electrons. The van der Waals surface area contributed by atoms with Crippen LogP contribution < -0.4 is 11.1 Å². The minimum atomic E-state index is -0.367. The highest BCUT2D eigenvalue weighted by Gasteiger charge is 2.05. The first-order valence-electron chi connectivity index (χ1n) is 5.33. The first kappa shape index (κ1) is 12.0. The molecule has 1 rings (SSSR count). The van der Waals surface area contributed by atoms with Crippen molar-refractivity contribution in [2.75, 3.05) is 18.4 Å². The Balaban J connectivity index is 2.57. The first-order chi connectivity index (χ1) is 7.15. The topological polar surface area (TPSA) is 58.3 Å². The number of nitrogens with two attached hydrogens (primary N) is 1. The van der Waals surface area contributed by atoms with Gasteiger partial charge in [0.25, 0.3) is 0 Å². The summed E-state index contributed by atoms with van der Waals surface area (Å²) in [5, 5.41) is 12.8. The number of aryl methyl sites for hydroxylation is 2. The molecule has 0 saturated carbocycles. The van der Waals surface area contributed by atoms with E-state index < -0.39 is 0 Å². The summed E-state index contributed by atoms with van der Waals surface area (Å²) in [6, 6.07) is 6.15. The number of hydrogen-bond acceptors (Lipinski definition) is 3. The van der Waals surface area contributed by atoms with E-state index in [-0.39, 0.29) is 6.10 Å². The second kappa shape index (κ2) is 5.73. The highest BCUT2D eigenvalue weighted by atomic mass is 16.3. The molecule has 84 valence electrons. The monoisotopic (exact) mass is 208 g/mol. The Morgan fingerprint density at radius 3 is 2.47 bits per heavy atom. The summed E-state index contributed by atoms with van der Waals surface area (Å²) in [5.41, 5.74) is 8.90. The van der Waals surface area contributed by atoms with Gasteiger partial charge in [0.05, 0.1) is 6.10 Å². The van der Waals surface area contributed by atoms with Crippen LogP contribution in [0.15, 0.2) is 18.2 Å². The minimum Gasteiger partial charge on any atom is -0.391 e. The van der Waals surface area contributed by atoms with Gasteiger partial charge in [0.15, 0.2) is 0 Å². The minimum absolute atomic E-state index is 0.367. The second-order valence-corrected chi connectivity index (χ2v) is 3.88.